The number of benzene rings is 2. The van der Waals surface area contributed by atoms with Gasteiger partial charge >= 0.3 is 10.2 Å². The number of fused-ring (bicyclic) bond motifs is 1. The van der Waals surface area contributed by atoms with E-state index in [1.54, 1.807) is 25.1 Å². The van der Waals surface area contributed by atoms with E-state index in [2.05, 4.69) is 4.72 Å². The number of rotatable bonds is 2. The molecule has 3 rings (SSSR count). The summed E-state index contributed by atoms with van der Waals surface area (Å²) in [5, 5.41) is 10.7. The first-order valence-corrected chi connectivity index (χ1v) is 7.94. The van der Waals surface area contributed by atoms with Crippen LogP contribution in [0.25, 0.3) is 10.8 Å². The molecule has 1 saturated heterocycles. The topological polar surface area (TPSA) is 86.7 Å². The molecule has 2 aromatic carbocycles. The van der Waals surface area contributed by atoms with Crippen molar-refractivity contribution in [1.82, 2.24) is 4.72 Å². The average Bonchev–Trinajstić information content (AvgIpc) is 2.75. The van der Waals surface area contributed by atoms with Gasteiger partial charge in [-0.3, -0.25) is 0 Å². The molecule has 0 amide bonds. The standard InChI is InChI=1S/C14H13FN2O4S/c1-8-2-3-9-5-12(19)14(13(15)11(9)4-8)17-6-10(7-18)16-22(17,20)21/h2-5,7,10,16,19H,6H2,1H3. The van der Waals surface area contributed by atoms with Crippen molar-refractivity contribution >= 4 is 33.0 Å². The molecule has 0 aliphatic carbocycles. The van der Waals surface area contributed by atoms with Crippen LogP contribution in [0.3, 0.4) is 0 Å². The minimum atomic E-state index is -4.07. The summed E-state index contributed by atoms with van der Waals surface area (Å²) < 4.78 is 41.6. The minimum Gasteiger partial charge on any atom is -0.506 e. The van der Waals surface area contributed by atoms with Crippen molar-refractivity contribution in [2.75, 3.05) is 10.8 Å². The molecular weight excluding hydrogens is 311 g/mol. The van der Waals surface area contributed by atoms with Crippen LogP contribution in [-0.4, -0.2) is 32.4 Å². The first-order chi connectivity index (χ1) is 10.3. The predicted molar refractivity (Wildman–Crippen MR) is 79.6 cm³/mol. The highest BCUT2D eigenvalue weighted by Crippen LogP contribution is 2.38. The van der Waals surface area contributed by atoms with Crippen LogP contribution in [0.15, 0.2) is 24.3 Å². The minimum absolute atomic E-state index is 0.206. The fourth-order valence-corrected chi connectivity index (χ4v) is 3.94. The van der Waals surface area contributed by atoms with Gasteiger partial charge in [-0.1, -0.05) is 17.7 Å². The normalized spacial score (nSPS) is 20.5. The molecule has 6 nitrogen and oxygen atoms in total. The number of hydrogen-bond donors (Lipinski definition) is 2. The van der Waals surface area contributed by atoms with Crippen LogP contribution < -0.4 is 9.03 Å². The van der Waals surface area contributed by atoms with Crippen LogP contribution in [0.2, 0.25) is 0 Å². The van der Waals surface area contributed by atoms with Gasteiger partial charge in [0.1, 0.15) is 17.7 Å². The molecule has 0 radical (unpaired) electrons. The lowest BCUT2D eigenvalue weighted by atomic mass is 10.1. The molecule has 1 atom stereocenters. The van der Waals surface area contributed by atoms with Crippen molar-refractivity contribution in [3.05, 3.63) is 35.6 Å². The Balaban J connectivity index is 2.25. The SMILES string of the molecule is Cc1ccc2cc(O)c(N3CC(C=O)NS3(=O)=O)c(F)c2c1. The van der Waals surface area contributed by atoms with Gasteiger partial charge in [-0.15, -0.1) is 0 Å². The molecule has 2 N–H and O–H groups in total. The number of aromatic hydroxyl groups is 1. The van der Waals surface area contributed by atoms with Gasteiger partial charge in [0.2, 0.25) is 0 Å². The van der Waals surface area contributed by atoms with Gasteiger partial charge in [0.25, 0.3) is 0 Å². The summed E-state index contributed by atoms with van der Waals surface area (Å²) >= 11 is 0. The fraction of sp³-hybridized carbons (Fsp3) is 0.214. The molecule has 1 aliphatic heterocycles. The van der Waals surface area contributed by atoms with Crippen molar-refractivity contribution < 1.29 is 22.7 Å². The lowest BCUT2D eigenvalue weighted by molar-refractivity contribution is -0.108. The van der Waals surface area contributed by atoms with E-state index in [0.717, 1.165) is 5.56 Å². The summed E-state index contributed by atoms with van der Waals surface area (Å²) in [4.78, 5) is 10.8. The lowest BCUT2D eigenvalue weighted by Gasteiger charge is -2.19. The van der Waals surface area contributed by atoms with Crippen LogP contribution in [0.4, 0.5) is 10.1 Å². The molecule has 1 unspecified atom stereocenters. The fourth-order valence-electron chi connectivity index (χ4n) is 2.53. The Labute approximate surface area is 126 Å². The van der Waals surface area contributed by atoms with Gasteiger partial charge in [-0.2, -0.15) is 13.1 Å². The zero-order valence-electron chi connectivity index (χ0n) is 11.6. The van der Waals surface area contributed by atoms with E-state index < -0.39 is 33.5 Å². The average molecular weight is 324 g/mol. The Kier molecular flexibility index (Phi) is 3.30. The van der Waals surface area contributed by atoms with E-state index in [9.17, 15) is 22.7 Å². The van der Waals surface area contributed by atoms with Crippen molar-refractivity contribution in [3.63, 3.8) is 0 Å². The van der Waals surface area contributed by atoms with E-state index in [1.807, 2.05) is 0 Å². The first-order valence-electron chi connectivity index (χ1n) is 6.50. The highest BCUT2D eigenvalue weighted by atomic mass is 32.2. The van der Waals surface area contributed by atoms with Crippen LogP contribution in [-0.2, 0) is 15.0 Å². The number of carbonyl (C=O) groups excluding carboxylic acids is 1. The molecule has 1 fully saturated rings. The van der Waals surface area contributed by atoms with E-state index in [0.29, 0.717) is 16.0 Å². The number of phenolic OH excluding ortho intramolecular Hbond substituents is 1. The number of carbonyl (C=O) groups is 1. The number of nitrogens with one attached hydrogen (secondary N) is 1. The Morgan fingerprint density at radius 3 is 2.77 bits per heavy atom. The summed E-state index contributed by atoms with van der Waals surface area (Å²) in [6.07, 6.45) is 0.428. The molecule has 0 aromatic heterocycles. The number of aldehydes is 1. The number of phenols is 1. The van der Waals surface area contributed by atoms with Crippen LogP contribution in [0.5, 0.6) is 5.75 Å². The number of hydrogen-bond acceptors (Lipinski definition) is 4. The third kappa shape index (κ3) is 2.20. The van der Waals surface area contributed by atoms with Crippen LogP contribution >= 0.6 is 0 Å². The van der Waals surface area contributed by atoms with Gasteiger partial charge in [-0.05, 0) is 24.4 Å². The van der Waals surface area contributed by atoms with Gasteiger partial charge in [0, 0.05) is 5.39 Å². The van der Waals surface area contributed by atoms with Crippen molar-refractivity contribution in [1.29, 1.82) is 0 Å². The molecule has 0 saturated carbocycles. The molecule has 116 valence electrons. The number of anilines is 1. The molecule has 0 spiro atoms. The molecule has 0 bridgehead atoms. The quantitative estimate of drug-likeness (QED) is 0.813. The number of aryl methyl sites for hydroxylation is 1. The monoisotopic (exact) mass is 324 g/mol. The molecule has 1 aliphatic rings. The van der Waals surface area contributed by atoms with Gasteiger partial charge < -0.3 is 9.90 Å². The van der Waals surface area contributed by atoms with Gasteiger partial charge in [0.05, 0.1) is 12.6 Å². The summed E-state index contributed by atoms with van der Waals surface area (Å²) in [7, 11) is -4.07. The second-order valence-electron chi connectivity index (χ2n) is 5.18. The van der Waals surface area contributed by atoms with Crippen molar-refractivity contribution in [2.45, 2.75) is 13.0 Å². The maximum atomic E-state index is 14.8. The van der Waals surface area contributed by atoms with Gasteiger partial charge in [-0.25, -0.2) is 8.70 Å². The third-order valence-electron chi connectivity index (χ3n) is 3.55. The van der Waals surface area contributed by atoms with Gasteiger partial charge in [0.15, 0.2) is 5.82 Å². The van der Waals surface area contributed by atoms with Crippen LogP contribution in [0.1, 0.15) is 5.56 Å². The zero-order valence-corrected chi connectivity index (χ0v) is 12.4. The second-order valence-corrected chi connectivity index (χ2v) is 6.81. The first kappa shape index (κ1) is 14.7. The largest absolute Gasteiger partial charge is 0.506 e. The second kappa shape index (κ2) is 4.92. The maximum absolute atomic E-state index is 14.8. The Bertz CT molecular complexity index is 882. The Morgan fingerprint density at radius 1 is 1.41 bits per heavy atom. The van der Waals surface area contributed by atoms with Crippen LogP contribution in [0, 0.1) is 12.7 Å². The number of nitrogens with zero attached hydrogens (tertiary/aromatic N) is 1. The Hall–Kier alpha value is -2.19. The summed E-state index contributed by atoms with van der Waals surface area (Å²) in [5.74, 6) is -1.33. The lowest BCUT2D eigenvalue weighted by Crippen LogP contribution is -2.31. The molecule has 22 heavy (non-hydrogen) atoms. The highest BCUT2D eigenvalue weighted by Gasteiger charge is 2.38. The third-order valence-corrected chi connectivity index (χ3v) is 5.07. The Morgan fingerprint density at radius 2 is 2.14 bits per heavy atom. The van der Waals surface area contributed by atoms with E-state index in [1.165, 1.54) is 6.07 Å². The smallest absolute Gasteiger partial charge is 0.302 e. The van der Waals surface area contributed by atoms with Crippen molar-refractivity contribution in [2.24, 2.45) is 0 Å². The van der Waals surface area contributed by atoms with E-state index in [-0.39, 0.29) is 11.9 Å². The number of halogens is 1. The van der Waals surface area contributed by atoms with E-state index in [4.69, 9.17) is 0 Å². The predicted octanol–water partition coefficient (Wildman–Crippen LogP) is 1.21. The molecular formula is C14H13FN2O4S. The molecule has 2 aromatic rings. The maximum Gasteiger partial charge on any atom is 0.302 e. The molecule has 8 heteroatoms. The van der Waals surface area contributed by atoms with Crippen molar-refractivity contribution in [3.8, 4) is 5.75 Å². The summed E-state index contributed by atoms with van der Waals surface area (Å²) in [5.41, 5.74) is 0.353. The summed E-state index contributed by atoms with van der Waals surface area (Å²) in [6.45, 7) is 1.51. The molecule has 1 heterocycles. The zero-order chi connectivity index (χ0) is 16.1. The summed E-state index contributed by atoms with van der Waals surface area (Å²) in [6, 6.07) is 5.30. The highest BCUT2D eigenvalue weighted by molar-refractivity contribution is 7.91. The van der Waals surface area contributed by atoms with E-state index >= 15 is 0 Å².